The van der Waals surface area contributed by atoms with Gasteiger partial charge in [0.2, 0.25) is 5.91 Å². The lowest BCUT2D eigenvalue weighted by atomic mass is 9.94. The maximum absolute atomic E-state index is 12.0. The zero-order chi connectivity index (χ0) is 15.1. The van der Waals surface area contributed by atoms with E-state index in [-0.39, 0.29) is 5.91 Å². The molecule has 0 spiro atoms. The predicted molar refractivity (Wildman–Crippen MR) is 79.8 cm³/mol. The first-order valence-electron chi connectivity index (χ1n) is 7.44. The molecule has 0 radical (unpaired) electrons. The molecular weight excluding hydrogens is 268 g/mol. The first-order chi connectivity index (χ1) is 10.2. The Bertz CT molecular complexity index is 470. The number of hydrogen-bond donors (Lipinski definition) is 3. The minimum absolute atomic E-state index is 0.197. The molecule has 114 valence electrons. The smallest absolute Gasteiger partial charge is 0.330 e. The predicted octanol–water partition coefficient (Wildman–Crippen LogP) is 1.71. The van der Waals surface area contributed by atoms with E-state index in [1.54, 1.807) is 24.3 Å². The third-order valence-corrected chi connectivity index (χ3v) is 3.86. The molecule has 0 aromatic heterocycles. The average Bonchev–Trinajstić information content (AvgIpc) is 2.52. The minimum atomic E-state index is -1.03. The van der Waals surface area contributed by atoms with Gasteiger partial charge in [-0.25, -0.2) is 4.79 Å². The van der Waals surface area contributed by atoms with Crippen molar-refractivity contribution in [2.75, 3.05) is 13.1 Å². The molecule has 1 aliphatic heterocycles. The fourth-order valence-electron chi connectivity index (χ4n) is 2.67. The van der Waals surface area contributed by atoms with Crippen LogP contribution in [0.15, 0.2) is 30.3 Å². The van der Waals surface area contributed by atoms with Crippen LogP contribution in [0.1, 0.15) is 37.3 Å². The lowest BCUT2D eigenvalue weighted by Crippen LogP contribution is -2.35. The van der Waals surface area contributed by atoms with Gasteiger partial charge in [-0.3, -0.25) is 4.79 Å². The molecule has 1 saturated heterocycles. The Morgan fingerprint density at radius 1 is 1.33 bits per heavy atom. The fraction of sp³-hybridized carbons (Fsp3) is 0.500. The van der Waals surface area contributed by atoms with Crippen LogP contribution in [-0.2, 0) is 9.59 Å². The molecule has 3 N–H and O–H groups in total. The number of amides is 1. The van der Waals surface area contributed by atoms with Gasteiger partial charge in [-0.15, -0.1) is 0 Å². The Labute approximate surface area is 124 Å². The summed E-state index contributed by atoms with van der Waals surface area (Å²) in [4.78, 5) is 23.3. The van der Waals surface area contributed by atoms with Crippen LogP contribution in [0.5, 0.6) is 0 Å². The van der Waals surface area contributed by atoms with E-state index in [9.17, 15) is 14.7 Å². The molecule has 0 bridgehead atoms. The highest BCUT2D eigenvalue weighted by Crippen LogP contribution is 2.17. The number of aliphatic carboxylic acids is 1. The molecule has 1 aromatic carbocycles. The Morgan fingerprint density at radius 3 is 2.71 bits per heavy atom. The monoisotopic (exact) mass is 290 g/mol. The number of hydrogen-bond acceptors (Lipinski definition) is 3. The Balaban J connectivity index is 1.85. The van der Waals surface area contributed by atoms with Gasteiger partial charge >= 0.3 is 5.97 Å². The summed E-state index contributed by atoms with van der Waals surface area (Å²) in [7, 11) is 0. The second-order valence-electron chi connectivity index (χ2n) is 5.50. The third-order valence-electron chi connectivity index (χ3n) is 3.86. The molecule has 0 aliphatic carbocycles. The quantitative estimate of drug-likeness (QED) is 0.745. The summed E-state index contributed by atoms with van der Waals surface area (Å²) in [6.45, 7) is 2.01. The Hall–Kier alpha value is -1.88. The number of carbonyl (C=O) groups excluding carboxylic acids is 1. The second kappa shape index (κ2) is 7.78. The van der Waals surface area contributed by atoms with Crippen LogP contribution >= 0.6 is 0 Å². The lowest BCUT2D eigenvalue weighted by molar-refractivity contribution is -0.142. The molecule has 5 nitrogen and oxygen atoms in total. The summed E-state index contributed by atoms with van der Waals surface area (Å²) < 4.78 is 0. The molecule has 1 aliphatic rings. The van der Waals surface area contributed by atoms with Crippen LogP contribution in [0.3, 0.4) is 0 Å². The van der Waals surface area contributed by atoms with Crippen molar-refractivity contribution >= 4 is 11.9 Å². The van der Waals surface area contributed by atoms with Gasteiger partial charge in [0.25, 0.3) is 0 Å². The highest BCUT2D eigenvalue weighted by Gasteiger charge is 2.22. The van der Waals surface area contributed by atoms with Crippen molar-refractivity contribution in [1.29, 1.82) is 0 Å². The highest BCUT2D eigenvalue weighted by atomic mass is 16.4. The SMILES string of the molecule is O=C(CCC1CCCNC1)NC(C(=O)O)c1ccccc1. The normalized spacial score (nSPS) is 19.7. The molecule has 1 fully saturated rings. The molecular formula is C16H22N2O3. The Kier molecular flexibility index (Phi) is 5.75. The summed E-state index contributed by atoms with van der Waals surface area (Å²) in [6.07, 6.45) is 3.47. The third kappa shape index (κ3) is 4.86. The van der Waals surface area contributed by atoms with Gasteiger partial charge in [0.05, 0.1) is 0 Å². The largest absolute Gasteiger partial charge is 0.479 e. The number of rotatable bonds is 6. The summed E-state index contributed by atoms with van der Waals surface area (Å²) in [5.41, 5.74) is 0.595. The molecule has 5 heteroatoms. The number of nitrogens with one attached hydrogen (secondary N) is 2. The van der Waals surface area contributed by atoms with Crippen molar-refractivity contribution < 1.29 is 14.7 Å². The molecule has 1 heterocycles. The summed E-state index contributed by atoms with van der Waals surface area (Å²) in [6, 6.07) is 7.81. The van der Waals surface area contributed by atoms with Gasteiger partial charge < -0.3 is 15.7 Å². The highest BCUT2D eigenvalue weighted by molar-refractivity contribution is 5.84. The van der Waals surface area contributed by atoms with E-state index in [1.807, 2.05) is 6.07 Å². The van der Waals surface area contributed by atoms with Crippen molar-refractivity contribution in [2.45, 2.75) is 31.7 Å². The van der Waals surface area contributed by atoms with Crippen LogP contribution in [-0.4, -0.2) is 30.1 Å². The molecule has 1 aromatic rings. The summed E-state index contributed by atoms with van der Waals surface area (Å²) in [5, 5.41) is 15.2. The van der Waals surface area contributed by atoms with Gasteiger partial charge in [-0.2, -0.15) is 0 Å². The fourth-order valence-corrected chi connectivity index (χ4v) is 2.67. The molecule has 2 rings (SSSR count). The van der Waals surface area contributed by atoms with Crippen LogP contribution in [0.2, 0.25) is 0 Å². The molecule has 1 amide bonds. The van der Waals surface area contributed by atoms with Gasteiger partial charge in [0.15, 0.2) is 6.04 Å². The van der Waals surface area contributed by atoms with Crippen LogP contribution in [0.4, 0.5) is 0 Å². The number of carboxylic acid groups (broad SMARTS) is 1. The van der Waals surface area contributed by atoms with Crippen molar-refractivity contribution in [3.8, 4) is 0 Å². The van der Waals surface area contributed by atoms with Gasteiger partial charge in [-0.1, -0.05) is 30.3 Å². The van der Waals surface area contributed by atoms with Gasteiger partial charge in [-0.05, 0) is 43.8 Å². The summed E-state index contributed by atoms with van der Waals surface area (Å²) in [5.74, 6) is -0.713. The zero-order valence-electron chi connectivity index (χ0n) is 12.0. The summed E-state index contributed by atoms with van der Waals surface area (Å²) >= 11 is 0. The minimum Gasteiger partial charge on any atom is -0.479 e. The topological polar surface area (TPSA) is 78.4 Å². The number of benzene rings is 1. The molecule has 21 heavy (non-hydrogen) atoms. The van der Waals surface area contributed by atoms with E-state index < -0.39 is 12.0 Å². The number of carbonyl (C=O) groups is 2. The van der Waals surface area contributed by atoms with Gasteiger partial charge in [0.1, 0.15) is 0 Å². The van der Waals surface area contributed by atoms with E-state index in [0.717, 1.165) is 32.4 Å². The maximum Gasteiger partial charge on any atom is 0.330 e. The molecule has 2 unspecified atom stereocenters. The van der Waals surface area contributed by atoms with Crippen LogP contribution in [0, 0.1) is 5.92 Å². The second-order valence-corrected chi connectivity index (χ2v) is 5.50. The first-order valence-corrected chi connectivity index (χ1v) is 7.44. The lowest BCUT2D eigenvalue weighted by Gasteiger charge is -2.22. The number of piperidine rings is 1. The maximum atomic E-state index is 12.0. The first kappa shape index (κ1) is 15.5. The Morgan fingerprint density at radius 2 is 2.10 bits per heavy atom. The number of carboxylic acids is 1. The van der Waals surface area contributed by atoms with Gasteiger partial charge in [0, 0.05) is 6.42 Å². The van der Waals surface area contributed by atoms with E-state index in [4.69, 9.17) is 0 Å². The van der Waals surface area contributed by atoms with E-state index in [0.29, 0.717) is 17.9 Å². The van der Waals surface area contributed by atoms with Crippen LogP contribution < -0.4 is 10.6 Å². The van der Waals surface area contributed by atoms with Crippen molar-refractivity contribution in [1.82, 2.24) is 10.6 Å². The van der Waals surface area contributed by atoms with E-state index in [1.165, 1.54) is 0 Å². The zero-order valence-corrected chi connectivity index (χ0v) is 12.0. The molecule has 0 saturated carbocycles. The van der Waals surface area contributed by atoms with E-state index >= 15 is 0 Å². The van der Waals surface area contributed by atoms with Crippen molar-refractivity contribution in [2.24, 2.45) is 5.92 Å². The average molecular weight is 290 g/mol. The standard InChI is InChI=1S/C16H22N2O3/c19-14(9-8-12-5-4-10-17-11-12)18-15(16(20)21)13-6-2-1-3-7-13/h1-3,6-7,12,15,17H,4-5,8-11H2,(H,18,19)(H,20,21). The van der Waals surface area contributed by atoms with Crippen LogP contribution in [0.25, 0.3) is 0 Å². The van der Waals surface area contributed by atoms with E-state index in [2.05, 4.69) is 10.6 Å². The van der Waals surface area contributed by atoms with Crippen molar-refractivity contribution in [3.05, 3.63) is 35.9 Å². The van der Waals surface area contributed by atoms with Crippen molar-refractivity contribution in [3.63, 3.8) is 0 Å². The molecule has 2 atom stereocenters.